The molecule has 1 saturated heterocycles. The zero-order chi connectivity index (χ0) is 22.6. The van der Waals surface area contributed by atoms with Gasteiger partial charge < -0.3 is 10.1 Å². The summed E-state index contributed by atoms with van der Waals surface area (Å²) in [6.45, 7) is 5.14. The summed E-state index contributed by atoms with van der Waals surface area (Å²) in [6.07, 6.45) is 3.75. The largest absolute Gasteiger partial charge is 0.379 e. The number of aromatic nitrogens is 3. The van der Waals surface area contributed by atoms with Crippen LogP contribution in [0.3, 0.4) is 0 Å². The number of thiazole rings is 1. The number of carbonyl (C=O) groups excluding carboxylic acids is 1. The first-order chi connectivity index (χ1) is 16.2. The third-order valence-corrected chi connectivity index (χ3v) is 8.01. The number of ether oxygens (including phenoxy) is 1. The topological polar surface area (TPSA) is 89.4 Å². The van der Waals surface area contributed by atoms with E-state index in [9.17, 15) is 9.59 Å². The molecule has 3 heterocycles. The minimum absolute atomic E-state index is 0.137. The Morgan fingerprint density at radius 3 is 2.85 bits per heavy atom. The van der Waals surface area contributed by atoms with E-state index in [1.807, 2.05) is 28.8 Å². The first kappa shape index (κ1) is 22.5. The van der Waals surface area contributed by atoms with Crippen molar-refractivity contribution in [1.29, 1.82) is 0 Å². The quantitative estimate of drug-likeness (QED) is 0.388. The molecule has 1 amide bonds. The fourth-order valence-electron chi connectivity index (χ4n) is 4.43. The van der Waals surface area contributed by atoms with Crippen LogP contribution in [-0.4, -0.2) is 63.9 Å². The van der Waals surface area contributed by atoms with Crippen LogP contribution in [0.5, 0.6) is 0 Å². The maximum Gasteiger partial charge on any atom is 0.348 e. The van der Waals surface area contributed by atoms with Gasteiger partial charge in [-0.3, -0.25) is 14.3 Å². The molecule has 2 aliphatic rings. The van der Waals surface area contributed by atoms with E-state index < -0.39 is 0 Å². The van der Waals surface area contributed by atoms with E-state index in [2.05, 4.69) is 20.2 Å². The highest BCUT2D eigenvalue weighted by molar-refractivity contribution is 8.00. The van der Waals surface area contributed by atoms with E-state index >= 15 is 0 Å². The number of benzene rings is 1. The predicted molar refractivity (Wildman–Crippen MR) is 131 cm³/mol. The number of fused-ring (bicyclic) bond motifs is 2. The van der Waals surface area contributed by atoms with Crippen LogP contribution < -0.4 is 11.0 Å². The van der Waals surface area contributed by atoms with Crippen molar-refractivity contribution in [3.63, 3.8) is 0 Å². The van der Waals surface area contributed by atoms with E-state index in [1.165, 1.54) is 23.1 Å². The fraction of sp³-hybridized carbons (Fsp3) is 0.478. The molecule has 2 aromatic heterocycles. The molecule has 0 radical (unpaired) electrons. The number of hydrogen-bond acceptors (Lipinski definition) is 8. The highest BCUT2D eigenvalue weighted by atomic mass is 32.2. The molecule has 0 atom stereocenters. The lowest BCUT2D eigenvalue weighted by atomic mass is 10.2. The lowest BCUT2D eigenvalue weighted by Gasteiger charge is -2.26. The van der Waals surface area contributed by atoms with Gasteiger partial charge in [0.05, 0.1) is 29.2 Å². The van der Waals surface area contributed by atoms with Crippen LogP contribution in [0.1, 0.15) is 24.1 Å². The molecule has 5 rings (SSSR count). The summed E-state index contributed by atoms with van der Waals surface area (Å²) in [5, 5.41) is 4.18. The van der Waals surface area contributed by atoms with Gasteiger partial charge in [-0.25, -0.2) is 9.78 Å². The van der Waals surface area contributed by atoms with Crippen molar-refractivity contribution in [2.45, 2.75) is 37.3 Å². The van der Waals surface area contributed by atoms with E-state index in [0.29, 0.717) is 16.7 Å². The van der Waals surface area contributed by atoms with E-state index in [4.69, 9.17) is 4.74 Å². The van der Waals surface area contributed by atoms with Gasteiger partial charge in [0.1, 0.15) is 5.03 Å². The van der Waals surface area contributed by atoms with Gasteiger partial charge in [0.25, 0.3) is 0 Å². The maximum atomic E-state index is 12.8. The van der Waals surface area contributed by atoms with Crippen molar-refractivity contribution >= 4 is 44.4 Å². The van der Waals surface area contributed by atoms with Crippen molar-refractivity contribution < 1.29 is 9.53 Å². The van der Waals surface area contributed by atoms with Gasteiger partial charge in [0, 0.05) is 37.4 Å². The lowest BCUT2D eigenvalue weighted by Crippen LogP contribution is -2.37. The standard InChI is InChI=1S/C23H27N5O3S2/c29-20(25-22-24-17-6-1-2-8-19(17)33-22)15-32-21-16-5-3-7-18(16)28(23(30)26-21)10-4-9-27-11-13-31-14-12-27/h1-2,6,8H,3-5,7,9-15H2,(H,24,25,29). The summed E-state index contributed by atoms with van der Waals surface area (Å²) in [6, 6.07) is 7.81. The number of para-hydroxylation sites is 1. The molecular weight excluding hydrogens is 458 g/mol. The molecule has 0 unspecified atom stereocenters. The molecule has 33 heavy (non-hydrogen) atoms. The minimum Gasteiger partial charge on any atom is -0.379 e. The number of thioether (sulfide) groups is 1. The van der Waals surface area contributed by atoms with E-state index in [1.54, 1.807) is 0 Å². The molecule has 1 aliphatic heterocycles. The number of anilines is 1. The maximum absolute atomic E-state index is 12.8. The molecule has 8 nitrogen and oxygen atoms in total. The monoisotopic (exact) mass is 485 g/mol. The van der Waals surface area contributed by atoms with Crippen molar-refractivity contribution in [3.8, 4) is 0 Å². The van der Waals surface area contributed by atoms with Crippen LogP contribution in [0.15, 0.2) is 34.1 Å². The molecule has 1 N–H and O–H groups in total. The molecule has 174 valence electrons. The van der Waals surface area contributed by atoms with Gasteiger partial charge >= 0.3 is 5.69 Å². The number of morpholine rings is 1. The summed E-state index contributed by atoms with van der Waals surface area (Å²) in [5.41, 5.74) is 2.92. The average Bonchev–Trinajstić information content (AvgIpc) is 3.47. The van der Waals surface area contributed by atoms with Crippen LogP contribution in [0.25, 0.3) is 10.2 Å². The Bertz CT molecular complexity index is 1170. The first-order valence-electron chi connectivity index (χ1n) is 11.4. The number of hydrogen-bond donors (Lipinski definition) is 1. The van der Waals surface area contributed by atoms with Crippen molar-refractivity contribution in [2.75, 3.05) is 43.9 Å². The summed E-state index contributed by atoms with van der Waals surface area (Å²) < 4.78 is 8.30. The van der Waals surface area contributed by atoms with Gasteiger partial charge in [0.15, 0.2) is 5.13 Å². The van der Waals surface area contributed by atoms with Gasteiger partial charge in [-0.05, 0) is 37.8 Å². The summed E-state index contributed by atoms with van der Waals surface area (Å²) >= 11 is 2.81. The molecule has 1 fully saturated rings. The molecule has 0 saturated carbocycles. The highest BCUT2D eigenvalue weighted by Crippen LogP contribution is 2.30. The zero-order valence-electron chi connectivity index (χ0n) is 18.4. The Labute approximate surface area is 200 Å². The van der Waals surface area contributed by atoms with Crippen molar-refractivity contribution in [2.24, 2.45) is 0 Å². The number of rotatable bonds is 8. The Hall–Kier alpha value is -2.27. The van der Waals surface area contributed by atoms with Crippen LogP contribution in [-0.2, 0) is 28.9 Å². The molecule has 1 aliphatic carbocycles. The number of nitrogens with zero attached hydrogens (tertiary/aromatic N) is 4. The molecule has 0 bridgehead atoms. The Kier molecular flexibility index (Phi) is 7.05. The van der Waals surface area contributed by atoms with E-state index in [0.717, 1.165) is 80.0 Å². The number of amides is 1. The summed E-state index contributed by atoms with van der Waals surface area (Å²) in [7, 11) is 0. The Morgan fingerprint density at radius 1 is 1.15 bits per heavy atom. The number of nitrogens with one attached hydrogen (secondary N) is 1. The zero-order valence-corrected chi connectivity index (χ0v) is 20.1. The predicted octanol–water partition coefficient (Wildman–Crippen LogP) is 2.79. The van der Waals surface area contributed by atoms with Crippen LogP contribution >= 0.6 is 23.1 Å². The van der Waals surface area contributed by atoms with Crippen molar-refractivity contribution in [1.82, 2.24) is 19.4 Å². The third-order valence-electron chi connectivity index (χ3n) is 6.04. The normalized spacial score (nSPS) is 16.2. The van der Waals surface area contributed by atoms with E-state index in [-0.39, 0.29) is 17.3 Å². The fourth-order valence-corrected chi connectivity index (χ4v) is 6.19. The third kappa shape index (κ3) is 5.29. The second-order valence-corrected chi connectivity index (χ2v) is 10.3. The molecular formula is C23H27N5O3S2. The van der Waals surface area contributed by atoms with Gasteiger partial charge in [-0.15, -0.1) is 0 Å². The molecule has 10 heteroatoms. The van der Waals surface area contributed by atoms with Crippen LogP contribution in [0.4, 0.5) is 5.13 Å². The van der Waals surface area contributed by atoms with Gasteiger partial charge in [-0.1, -0.05) is 35.2 Å². The summed E-state index contributed by atoms with van der Waals surface area (Å²) in [5.74, 6) is 0.0674. The van der Waals surface area contributed by atoms with Gasteiger partial charge in [0.2, 0.25) is 5.91 Å². The number of carbonyl (C=O) groups is 1. The molecule has 0 spiro atoms. The first-order valence-corrected chi connectivity index (χ1v) is 13.2. The smallest absolute Gasteiger partial charge is 0.348 e. The summed E-state index contributed by atoms with van der Waals surface area (Å²) in [4.78, 5) is 36.5. The van der Waals surface area contributed by atoms with Crippen LogP contribution in [0, 0.1) is 0 Å². The Morgan fingerprint density at radius 2 is 2.00 bits per heavy atom. The molecule has 3 aromatic rings. The van der Waals surface area contributed by atoms with Gasteiger partial charge in [-0.2, -0.15) is 4.98 Å². The highest BCUT2D eigenvalue weighted by Gasteiger charge is 2.23. The SMILES string of the molecule is O=C(CSc1nc(=O)n(CCCN2CCOCC2)c2c1CCC2)Nc1nc2ccccc2s1. The minimum atomic E-state index is -0.202. The molecule has 1 aromatic carbocycles. The second kappa shape index (κ2) is 10.3. The average molecular weight is 486 g/mol. The van der Waals surface area contributed by atoms with Crippen molar-refractivity contribution in [3.05, 3.63) is 46.0 Å². The second-order valence-electron chi connectivity index (χ2n) is 8.26. The van der Waals surface area contributed by atoms with Crippen LogP contribution in [0.2, 0.25) is 0 Å². The Balaban J connectivity index is 1.21. The lowest BCUT2D eigenvalue weighted by molar-refractivity contribution is -0.113.